The third-order valence-corrected chi connectivity index (χ3v) is 4.11. The van der Waals surface area contributed by atoms with Crippen molar-refractivity contribution in [1.82, 2.24) is 4.90 Å². The maximum atomic E-state index is 12.6. The topological polar surface area (TPSA) is 85.8 Å². The number of methoxy groups -OCH3 is 1. The summed E-state index contributed by atoms with van der Waals surface area (Å²) in [5.41, 5.74) is -0.0296. The Kier molecular flexibility index (Phi) is 5.29. The number of hydrogen-bond acceptors (Lipinski definition) is 6. The van der Waals surface area contributed by atoms with Crippen LogP contribution in [0.1, 0.15) is 20.3 Å². The van der Waals surface area contributed by atoms with Crippen LogP contribution >= 0.6 is 11.3 Å². The van der Waals surface area contributed by atoms with Crippen LogP contribution in [0.25, 0.3) is 0 Å². The van der Waals surface area contributed by atoms with E-state index in [9.17, 15) is 14.9 Å². The number of thiophene rings is 1. The standard InChI is InChI=1S/C14H16N2O5S/c1-10-12(16(18)19)8-13(22-10)14(17)15(5-7-20-2)9-11-4-3-6-21-11/h3-4,6,8H,5,7,9H2,1-2H3. The fraction of sp³-hybridized carbons (Fsp3) is 0.357. The quantitative estimate of drug-likeness (QED) is 0.577. The molecule has 2 rings (SSSR count). The number of aryl methyl sites for hydroxylation is 1. The third kappa shape index (κ3) is 3.71. The van der Waals surface area contributed by atoms with Crippen molar-refractivity contribution in [3.63, 3.8) is 0 Å². The van der Waals surface area contributed by atoms with Crippen LogP contribution < -0.4 is 0 Å². The van der Waals surface area contributed by atoms with Crippen molar-refractivity contribution in [1.29, 1.82) is 0 Å². The Morgan fingerprint density at radius 1 is 1.55 bits per heavy atom. The lowest BCUT2D eigenvalue weighted by Gasteiger charge is -2.20. The summed E-state index contributed by atoms with van der Waals surface area (Å²) in [6.07, 6.45) is 1.54. The molecule has 0 aliphatic rings. The third-order valence-electron chi connectivity index (χ3n) is 3.08. The van der Waals surface area contributed by atoms with Gasteiger partial charge in [0.05, 0.1) is 34.1 Å². The first-order valence-corrected chi connectivity index (χ1v) is 7.40. The maximum absolute atomic E-state index is 12.6. The minimum atomic E-state index is -0.478. The molecule has 2 heterocycles. The van der Waals surface area contributed by atoms with Gasteiger partial charge >= 0.3 is 0 Å². The first kappa shape index (κ1) is 16.2. The lowest BCUT2D eigenvalue weighted by atomic mass is 10.3. The largest absolute Gasteiger partial charge is 0.467 e. The molecular weight excluding hydrogens is 308 g/mol. The molecule has 8 heteroatoms. The molecule has 1 amide bonds. The van der Waals surface area contributed by atoms with Crippen molar-refractivity contribution < 1.29 is 18.9 Å². The molecule has 0 radical (unpaired) electrons. The highest BCUT2D eigenvalue weighted by Gasteiger charge is 2.24. The van der Waals surface area contributed by atoms with Crippen LogP contribution in [0.5, 0.6) is 0 Å². The van der Waals surface area contributed by atoms with Gasteiger partial charge in [0.25, 0.3) is 11.6 Å². The highest BCUT2D eigenvalue weighted by atomic mass is 32.1. The smallest absolute Gasteiger partial charge is 0.283 e. The number of rotatable bonds is 7. The van der Waals surface area contributed by atoms with Gasteiger partial charge in [0.2, 0.25) is 0 Å². The molecule has 0 saturated carbocycles. The highest BCUT2D eigenvalue weighted by Crippen LogP contribution is 2.29. The molecule has 0 N–H and O–H groups in total. The van der Waals surface area contributed by atoms with Crippen LogP contribution in [0.15, 0.2) is 28.9 Å². The van der Waals surface area contributed by atoms with E-state index in [0.29, 0.717) is 35.2 Å². The van der Waals surface area contributed by atoms with Gasteiger partial charge in [0.1, 0.15) is 5.76 Å². The average Bonchev–Trinajstić information content (AvgIpc) is 3.12. The molecule has 0 fully saturated rings. The molecule has 22 heavy (non-hydrogen) atoms. The molecule has 0 saturated heterocycles. The number of carbonyl (C=O) groups excluding carboxylic acids is 1. The van der Waals surface area contributed by atoms with Gasteiger partial charge < -0.3 is 14.1 Å². The fourth-order valence-electron chi connectivity index (χ4n) is 1.96. The summed E-state index contributed by atoms with van der Waals surface area (Å²) < 4.78 is 10.3. The first-order valence-electron chi connectivity index (χ1n) is 6.58. The van der Waals surface area contributed by atoms with Gasteiger partial charge in [-0.2, -0.15) is 0 Å². The van der Waals surface area contributed by atoms with Gasteiger partial charge in [-0.1, -0.05) is 0 Å². The van der Waals surface area contributed by atoms with Crippen LogP contribution in [-0.2, 0) is 11.3 Å². The predicted octanol–water partition coefficient (Wildman–Crippen LogP) is 2.85. The lowest BCUT2D eigenvalue weighted by Crippen LogP contribution is -2.32. The Labute approximate surface area is 131 Å². The second kappa shape index (κ2) is 7.19. The summed E-state index contributed by atoms with van der Waals surface area (Å²) in [4.78, 5) is 25.4. The van der Waals surface area contributed by atoms with Crippen molar-refractivity contribution >= 4 is 22.9 Å². The molecule has 0 bridgehead atoms. The molecule has 0 aliphatic carbocycles. The van der Waals surface area contributed by atoms with E-state index >= 15 is 0 Å². The minimum Gasteiger partial charge on any atom is -0.467 e. The summed E-state index contributed by atoms with van der Waals surface area (Å²) in [5, 5.41) is 10.9. The monoisotopic (exact) mass is 324 g/mol. The van der Waals surface area contributed by atoms with E-state index in [1.54, 1.807) is 31.1 Å². The fourth-order valence-corrected chi connectivity index (χ4v) is 2.91. The molecule has 2 aromatic heterocycles. The predicted molar refractivity (Wildman–Crippen MR) is 81.0 cm³/mol. The normalized spacial score (nSPS) is 10.6. The van der Waals surface area contributed by atoms with Gasteiger partial charge in [-0.3, -0.25) is 14.9 Å². The van der Waals surface area contributed by atoms with Gasteiger partial charge in [-0.15, -0.1) is 11.3 Å². The van der Waals surface area contributed by atoms with Gasteiger partial charge in [-0.25, -0.2) is 0 Å². The number of ether oxygens (including phenoxy) is 1. The van der Waals surface area contributed by atoms with Crippen molar-refractivity contribution in [3.05, 3.63) is 50.1 Å². The zero-order valence-electron chi connectivity index (χ0n) is 12.3. The number of nitrogens with zero attached hydrogens (tertiary/aromatic N) is 2. The minimum absolute atomic E-state index is 0.0296. The summed E-state index contributed by atoms with van der Waals surface area (Å²) in [7, 11) is 1.55. The number of nitro groups is 1. The molecule has 0 unspecified atom stereocenters. The Morgan fingerprint density at radius 3 is 2.86 bits per heavy atom. The Bertz CT molecular complexity index is 650. The zero-order chi connectivity index (χ0) is 16.1. The van der Waals surface area contributed by atoms with Crippen LogP contribution in [0, 0.1) is 17.0 Å². The molecule has 2 aromatic rings. The first-order chi connectivity index (χ1) is 10.5. The van der Waals surface area contributed by atoms with E-state index in [0.717, 1.165) is 11.3 Å². The Balaban J connectivity index is 2.20. The molecular formula is C14H16N2O5S. The molecule has 0 spiro atoms. The SMILES string of the molecule is COCCN(Cc1ccco1)C(=O)c1cc([N+](=O)[O-])c(C)s1. The van der Waals surface area contributed by atoms with Gasteiger partial charge in [0, 0.05) is 19.7 Å². The van der Waals surface area contributed by atoms with Gasteiger partial charge in [0.15, 0.2) is 0 Å². The second-order valence-electron chi connectivity index (χ2n) is 4.61. The zero-order valence-corrected chi connectivity index (χ0v) is 13.1. The molecule has 0 aliphatic heterocycles. The van der Waals surface area contributed by atoms with Crippen molar-refractivity contribution in [3.8, 4) is 0 Å². The number of furan rings is 1. The summed E-state index contributed by atoms with van der Waals surface area (Å²) in [5.74, 6) is 0.377. The van der Waals surface area contributed by atoms with Crippen molar-refractivity contribution in [2.45, 2.75) is 13.5 Å². The molecule has 118 valence electrons. The van der Waals surface area contributed by atoms with E-state index in [2.05, 4.69) is 0 Å². The van der Waals surface area contributed by atoms with E-state index in [1.165, 1.54) is 12.3 Å². The number of carbonyl (C=O) groups is 1. The van der Waals surface area contributed by atoms with E-state index in [4.69, 9.17) is 9.15 Å². The van der Waals surface area contributed by atoms with E-state index in [1.807, 2.05) is 0 Å². The average molecular weight is 324 g/mol. The molecule has 7 nitrogen and oxygen atoms in total. The van der Waals surface area contributed by atoms with Crippen LogP contribution in [0.2, 0.25) is 0 Å². The number of hydrogen-bond donors (Lipinski definition) is 0. The van der Waals surface area contributed by atoms with Crippen molar-refractivity contribution in [2.75, 3.05) is 20.3 Å². The maximum Gasteiger partial charge on any atom is 0.283 e. The summed E-state index contributed by atoms with van der Waals surface area (Å²) >= 11 is 1.12. The highest BCUT2D eigenvalue weighted by molar-refractivity contribution is 7.14. The Hall–Kier alpha value is -2.19. The van der Waals surface area contributed by atoms with Gasteiger partial charge in [-0.05, 0) is 19.1 Å². The second-order valence-corrected chi connectivity index (χ2v) is 5.86. The lowest BCUT2D eigenvalue weighted by molar-refractivity contribution is -0.385. The number of amides is 1. The van der Waals surface area contributed by atoms with Crippen LogP contribution in [-0.4, -0.2) is 36.0 Å². The summed E-state index contributed by atoms with van der Waals surface area (Å²) in [6, 6.07) is 4.84. The van der Waals surface area contributed by atoms with Crippen LogP contribution in [0.4, 0.5) is 5.69 Å². The summed E-state index contributed by atoms with van der Waals surface area (Å²) in [6.45, 7) is 2.67. The van der Waals surface area contributed by atoms with E-state index < -0.39 is 4.92 Å². The molecule has 0 atom stereocenters. The Morgan fingerprint density at radius 2 is 2.32 bits per heavy atom. The molecule has 0 aromatic carbocycles. The van der Waals surface area contributed by atoms with Crippen LogP contribution in [0.3, 0.4) is 0 Å². The van der Waals surface area contributed by atoms with Crippen molar-refractivity contribution in [2.24, 2.45) is 0 Å². The van der Waals surface area contributed by atoms with E-state index in [-0.39, 0.29) is 11.6 Å².